The lowest BCUT2D eigenvalue weighted by Crippen LogP contribution is -1.80. The summed E-state index contributed by atoms with van der Waals surface area (Å²) in [5.41, 5.74) is 8.82. The first-order chi connectivity index (χ1) is 23.4. The zero-order chi connectivity index (χ0) is 33.6. The molecule has 0 radical (unpaired) electrons. The normalized spacial score (nSPS) is 10.1. The molecular weight excluding hydrogens is 608 g/mol. The number of hydrogen-bond acceptors (Lipinski definition) is 12. The Morgan fingerprint density at radius 2 is 0.479 bits per heavy atom. The van der Waals surface area contributed by atoms with Crippen LogP contribution in [0.25, 0.3) is 45.6 Å². The largest absolute Gasteiger partial charge is 0.204 e. The molecule has 4 aromatic heterocycles. The Hall–Kier alpha value is -6.84. The molecule has 16 heteroatoms. The molecule has 0 aliphatic carbocycles. The van der Waals surface area contributed by atoms with Gasteiger partial charge in [0.2, 0.25) is 23.3 Å². The van der Waals surface area contributed by atoms with Crippen LogP contribution in [0.4, 0.5) is 0 Å². The van der Waals surface area contributed by atoms with Gasteiger partial charge in [0, 0.05) is 22.3 Å². The van der Waals surface area contributed by atoms with E-state index in [-0.39, 0.29) is 0 Å². The van der Waals surface area contributed by atoms with Crippen LogP contribution in [0.5, 0.6) is 0 Å². The van der Waals surface area contributed by atoms with Crippen molar-refractivity contribution in [3.63, 3.8) is 0 Å². The number of hydrogen-bond donors (Lipinski definition) is 4. The summed E-state index contributed by atoms with van der Waals surface area (Å²) in [6.07, 6.45) is 0. The number of nitrogens with one attached hydrogen (secondary N) is 4. The predicted octanol–water partition coefficient (Wildman–Crippen LogP) is 4.70. The van der Waals surface area contributed by atoms with Crippen molar-refractivity contribution >= 4 is 0 Å². The molecular formula is C32H32N16. The summed E-state index contributed by atoms with van der Waals surface area (Å²) in [5, 5.41) is 54.5. The first kappa shape index (κ1) is 32.6. The predicted molar refractivity (Wildman–Crippen MR) is 177 cm³/mol. The van der Waals surface area contributed by atoms with Crippen molar-refractivity contribution in [2.45, 2.75) is 27.7 Å². The minimum absolute atomic E-state index is 0.634. The summed E-state index contributed by atoms with van der Waals surface area (Å²) in [5.74, 6) is 2.54. The summed E-state index contributed by atoms with van der Waals surface area (Å²) in [7, 11) is 0. The van der Waals surface area contributed by atoms with E-state index in [0.29, 0.717) is 23.3 Å². The van der Waals surface area contributed by atoms with Crippen LogP contribution < -0.4 is 0 Å². The van der Waals surface area contributed by atoms with Crippen LogP contribution in [0.2, 0.25) is 0 Å². The van der Waals surface area contributed by atoms with Gasteiger partial charge in [0.15, 0.2) is 0 Å². The molecule has 0 atom stereocenters. The number of rotatable bonds is 4. The molecule has 0 aliphatic rings. The van der Waals surface area contributed by atoms with E-state index in [9.17, 15) is 0 Å². The monoisotopic (exact) mass is 640 g/mol. The number of tetrazole rings is 4. The lowest BCUT2D eigenvalue weighted by atomic mass is 10.1. The van der Waals surface area contributed by atoms with Gasteiger partial charge in [-0.05, 0) is 48.5 Å². The molecule has 0 spiro atoms. The van der Waals surface area contributed by atoms with E-state index in [4.69, 9.17) is 0 Å². The molecule has 240 valence electrons. The highest BCUT2D eigenvalue weighted by atomic mass is 15.5. The van der Waals surface area contributed by atoms with Crippen LogP contribution in [0, 0.1) is 27.7 Å². The summed E-state index contributed by atoms with van der Waals surface area (Å²) >= 11 is 0. The van der Waals surface area contributed by atoms with E-state index in [1.165, 1.54) is 22.3 Å². The quantitative estimate of drug-likeness (QED) is 0.206. The Morgan fingerprint density at radius 1 is 0.292 bits per heavy atom. The molecule has 0 fully saturated rings. The van der Waals surface area contributed by atoms with E-state index < -0.39 is 0 Å². The Morgan fingerprint density at radius 3 is 0.625 bits per heavy atom. The molecule has 0 unspecified atom stereocenters. The highest BCUT2D eigenvalue weighted by Crippen LogP contribution is 2.15. The molecule has 0 saturated carbocycles. The van der Waals surface area contributed by atoms with Gasteiger partial charge in [-0.25, -0.2) is 0 Å². The van der Waals surface area contributed by atoms with Crippen LogP contribution in [-0.4, -0.2) is 82.5 Å². The number of aromatic amines is 4. The molecule has 4 aromatic carbocycles. The molecule has 16 nitrogen and oxygen atoms in total. The highest BCUT2D eigenvalue weighted by molar-refractivity contribution is 5.56. The maximum atomic E-state index is 3.87. The van der Waals surface area contributed by atoms with Gasteiger partial charge in [-0.1, -0.05) is 119 Å². The number of H-pyrrole nitrogens is 4. The Labute approximate surface area is 274 Å². The molecule has 4 N–H and O–H groups in total. The minimum Gasteiger partial charge on any atom is -0.177 e. The number of nitrogens with zero attached hydrogens (tertiary/aromatic N) is 12. The zero-order valence-electron chi connectivity index (χ0n) is 26.6. The van der Waals surface area contributed by atoms with E-state index in [1.54, 1.807) is 0 Å². The second-order valence-electron chi connectivity index (χ2n) is 10.4. The molecule has 0 saturated heterocycles. The van der Waals surface area contributed by atoms with Crippen molar-refractivity contribution in [3.8, 4) is 45.6 Å². The number of aromatic nitrogens is 16. The average molecular weight is 641 g/mol. The van der Waals surface area contributed by atoms with Gasteiger partial charge in [-0.2, -0.15) is 20.9 Å². The summed E-state index contributed by atoms with van der Waals surface area (Å²) < 4.78 is 0. The summed E-state index contributed by atoms with van der Waals surface area (Å²) in [6.45, 7) is 8.17. The highest BCUT2D eigenvalue weighted by Gasteiger charge is 2.02. The van der Waals surface area contributed by atoms with Gasteiger partial charge in [0.05, 0.1) is 0 Å². The maximum Gasteiger partial charge on any atom is 0.204 e. The molecule has 0 bridgehead atoms. The Bertz CT molecular complexity index is 1700. The first-order valence-electron chi connectivity index (χ1n) is 14.7. The van der Waals surface area contributed by atoms with Gasteiger partial charge >= 0.3 is 0 Å². The standard InChI is InChI=1S/4C8H8N4/c4*1-6-2-4-7(5-3-6)8-9-11-12-10-8/h4*2-5H,1H3,(H,9,10,11,12). The summed E-state index contributed by atoms with van der Waals surface area (Å²) in [4.78, 5) is 0. The first-order valence-corrected chi connectivity index (χ1v) is 14.7. The smallest absolute Gasteiger partial charge is 0.177 e. The van der Waals surface area contributed by atoms with Crippen LogP contribution in [0.3, 0.4) is 0 Å². The Balaban J connectivity index is 0.000000125. The third-order valence-electron chi connectivity index (χ3n) is 6.62. The van der Waals surface area contributed by atoms with Crippen LogP contribution in [0.1, 0.15) is 22.3 Å². The molecule has 8 aromatic rings. The van der Waals surface area contributed by atoms with Crippen molar-refractivity contribution in [1.82, 2.24) is 82.5 Å². The van der Waals surface area contributed by atoms with Gasteiger partial charge in [0.25, 0.3) is 0 Å². The molecule has 8 rings (SSSR count). The molecule has 48 heavy (non-hydrogen) atoms. The lowest BCUT2D eigenvalue weighted by molar-refractivity contribution is 0.881. The fourth-order valence-electron chi connectivity index (χ4n) is 3.95. The van der Waals surface area contributed by atoms with Crippen molar-refractivity contribution in [1.29, 1.82) is 0 Å². The lowest BCUT2D eigenvalue weighted by Gasteiger charge is -1.93. The SMILES string of the molecule is Cc1ccc(-c2nn[nH]n2)cc1.Cc1ccc(-c2nn[nH]n2)cc1.Cc1ccc(-c2nn[nH]n2)cc1.Cc1ccc(-c2nn[nH]n2)cc1. The van der Waals surface area contributed by atoms with E-state index in [0.717, 1.165) is 22.3 Å². The van der Waals surface area contributed by atoms with Crippen molar-refractivity contribution in [2.75, 3.05) is 0 Å². The second-order valence-corrected chi connectivity index (χ2v) is 10.4. The van der Waals surface area contributed by atoms with Crippen LogP contribution in [0.15, 0.2) is 97.1 Å². The number of aryl methyl sites for hydroxylation is 4. The van der Waals surface area contributed by atoms with Gasteiger partial charge in [-0.3, -0.25) is 0 Å². The summed E-state index contributed by atoms with van der Waals surface area (Å²) in [6, 6.07) is 31.9. The van der Waals surface area contributed by atoms with Gasteiger partial charge in [-0.15, -0.1) is 40.8 Å². The fraction of sp³-hybridized carbons (Fsp3) is 0.125. The van der Waals surface area contributed by atoms with Crippen molar-refractivity contribution in [3.05, 3.63) is 119 Å². The van der Waals surface area contributed by atoms with E-state index >= 15 is 0 Å². The fourth-order valence-corrected chi connectivity index (χ4v) is 3.95. The van der Waals surface area contributed by atoms with Gasteiger partial charge in [0.1, 0.15) is 0 Å². The van der Waals surface area contributed by atoms with Crippen molar-refractivity contribution < 1.29 is 0 Å². The van der Waals surface area contributed by atoms with Crippen LogP contribution in [-0.2, 0) is 0 Å². The van der Waals surface area contributed by atoms with Crippen LogP contribution >= 0.6 is 0 Å². The minimum atomic E-state index is 0.634. The molecule has 0 amide bonds. The van der Waals surface area contributed by atoms with Gasteiger partial charge < -0.3 is 0 Å². The third-order valence-corrected chi connectivity index (χ3v) is 6.62. The average Bonchev–Trinajstić information content (AvgIpc) is 3.95. The second kappa shape index (κ2) is 16.5. The maximum absolute atomic E-state index is 3.87. The Kier molecular flexibility index (Phi) is 11.2. The molecule has 0 aliphatic heterocycles. The zero-order valence-corrected chi connectivity index (χ0v) is 26.6. The molecule has 4 heterocycles. The van der Waals surface area contributed by atoms with Crippen molar-refractivity contribution in [2.24, 2.45) is 0 Å². The van der Waals surface area contributed by atoms with E-state index in [2.05, 4.69) is 82.5 Å². The van der Waals surface area contributed by atoms with E-state index in [1.807, 2.05) is 125 Å². The number of benzene rings is 4. The third kappa shape index (κ3) is 9.58. The topological polar surface area (TPSA) is 218 Å².